The topological polar surface area (TPSA) is 87.2 Å². The Morgan fingerprint density at radius 2 is 1.83 bits per heavy atom. The maximum atomic E-state index is 12.9. The number of nitrogens with zero attached hydrogens (tertiary/aromatic N) is 5. The Kier molecular flexibility index (Phi) is 6.72. The van der Waals surface area contributed by atoms with Crippen molar-refractivity contribution < 1.29 is 9.53 Å². The average molecular weight is 471 g/mol. The monoisotopic (exact) mass is 470 g/mol. The fourth-order valence-electron chi connectivity index (χ4n) is 4.26. The van der Waals surface area contributed by atoms with Gasteiger partial charge in [-0.05, 0) is 49.4 Å². The minimum Gasteiger partial charge on any atom is -0.493 e. The lowest BCUT2D eigenvalue weighted by Crippen LogP contribution is -2.47. The SMILES string of the molecule is CCCOc1ccnc(-c2ccnc(Cc3ccc4[nH]c(C(=O)N5CCN(C)CC5)cc4c3)n2)c1. The second-order valence-corrected chi connectivity index (χ2v) is 8.96. The van der Waals surface area contributed by atoms with Crippen LogP contribution in [0.1, 0.15) is 35.2 Å². The lowest BCUT2D eigenvalue weighted by Gasteiger charge is -2.32. The van der Waals surface area contributed by atoms with Crippen LogP contribution in [-0.4, -0.2) is 75.5 Å². The van der Waals surface area contributed by atoms with E-state index in [1.807, 2.05) is 35.2 Å². The number of aromatic amines is 1. The lowest BCUT2D eigenvalue weighted by atomic mass is 10.1. The van der Waals surface area contributed by atoms with Crippen LogP contribution in [0.3, 0.4) is 0 Å². The minimum atomic E-state index is 0.0598. The van der Waals surface area contributed by atoms with Crippen LogP contribution in [0, 0.1) is 0 Å². The van der Waals surface area contributed by atoms with Gasteiger partial charge in [0.2, 0.25) is 0 Å². The number of hydrogen-bond donors (Lipinski definition) is 1. The molecular formula is C27H30N6O2. The molecule has 5 rings (SSSR count). The Morgan fingerprint density at radius 3 is 2.66 bits per heavy atom. The van der Waals surface area contributed by atoms with Crippen molar-refractivity contribution in [3.05, 3.63) is 71.9 Å². The summed E-state index contributed by atoms with van der Waals surface area (Å²) in [5, 5.41) is 1.01. The van der Waals surface area contributed by atoms with Crippen molar-refractivity contribution in [1.29, 1.82) is 0 Å². The molecule has 0 atom stereocenters. The number of hydrogen-bond acceptors (Lipinski definition) is 6. The standard InChI is InChI=1S/C27H30N6O2/c1-3-14-35-21-6-8-28-24(18-21)23-7-9-29-26(31-23)16-19-4-5-22-20(15-19)17-25(30-22)27(34)33-12-10-32(2)11-13-33/h4-9,15,17-18,30H,3,10-14,16H2,1-2H3. The molecule has 1 aromatic carbocycles. The van der Waals surface area contributed by atoms with E-state index in [1.165, 1.54) is 0 Å². The Morgan fingerprint density at radius 1 is 1.00 bits per heavy atom. The van der Waals surface area contributed by atoms with E-state index in [0.29, 0.717) is 24.5 Å². The minimum absolute atomic E-state index is 0.0598. The van der Waals surface area contributed by atoms with E-state index in [2.05, 4.69) is 46.0 Å². The summed E-state index contributed by atoms with van der Waals surface area (Å²) < 4.78 is 5.73. The molecule has 1 N–H and O–H groups in total. The van der Waals surface area contributed by atoms with Gasteiger partial charge in [-0.1, -0.05) is 13.0 Å². The summed E-state index contributed by atoms with van der Waals surface area (Å²) in [5.74, 6) is 1.56. The molecule has 8 nitrogen and oxygen atoms in total. The molecule has 0 unspecified atom stereocenters. The summed E-state index contributed by atoms with van der Waals surface area (Å²) in [6, 6.07) is 13.7. The number of nitrogens with one attached hydrogen (secondary N) is 1. The number of piperazine rings is 1. The zero-order valence-electron chi connectivity index (χ0n) is 20.2. The summed E-state index contributed by atoms with van der Waals surface area (Å²) in [6.07, 6.45) is 5.04. The fraction of sp³-hybridized carbons (Fsp3) is 0.333. The van der Waals surface area contributed by atoms with Crippen molar-refractivity contribution in [3.8, 4) is 17.1 Å². The van der Waals surface area contributed by atoms with Gasteiger partial charge in [-0.2, -0.15) is 0 Å². The van der Waals surface area contributed by atoms with Crippen LogP contribution < -0.4 is 4.74 Å². The number of carbonyl (C=O) groups is 1. The lowest BCUT2D eigenvalue weighted by molar-refractivity contribution is 0.0659. The number of rotatable bonds is 7. The third-order valence-corrected chi connectivity index (χ3v) is 6.24. The summed E-state index contributed by atoms with van der Waals surface area (Å²) in [7, 11) is 2.08. The summed E-state index contributed by atoms with van der Waals surface area (Å²) in [5.41, 5.74) is 4.19. The molecule has 0 spiro atoms. The molecule has 4 aromatic rings. The maximum absolute atomic E-state index is 12.9. The third kappa shape index (κ3) is 5.33. The van der Waals surface area contributed by atoms with Crippen molar-refractivity contribution in [2.45, 2.75) is 19.8 Å². The first-order chi connectivity index (χ1) is 17.1. The molecule has 4 heterocycles. The highest BCUT2D eigenvalue weighted by atomic mass is 16.5. The molecule has 0 radical (unpaired) electrons. The van der Waals surface area contributed by atoms with Crippen molar-refractivity contribution in [2.75, 3.05) is 39.8 Å². The normalized spacial score (nSPS) is 14.4. The molecule has 180 valence electrons. The zero-order valence-corrected chi connectivity index (χ0v) is 20.2. The van der Waals surface area contributed by atoms with Crippen LogP contribution in [-0.2, 0) is 6.42 Å². The number of amides is 1. The van der Waals surface area contributed by atoms with Gasteiger partial charge in [0.25, 0.3) is 5.91 Å². The van der Waals surface area contributed by atoms with Crippen LogP contribution >= 0.6 is 0 Å². The van der Waals surface area contributed by atoms with E-state index in [9.17, 15) is 4.79 Å². The first kappa shape index (κ1) is 23.0. The fourth-order valence-corrected chi connectivity index (χ4v) is 4.26. The second kappa shape index (κ2) is 10.2. The van der Waals surface area contributed by atoms with Crippen LogP contribution in [0.5, 0.6) is 5.75 Å². The number of aromatic nitrogens is 4. The number of likely N-dealkylation sites (N-methyl/N-ethyl adjacent to an activating group) is 1. The Balaban J connectivity index is 1.32. The highest BCUT2D eigenvalue weighted by Crippen LogP contribution is 2.22. The van der Waals surface area contributed by atoms with Crippen molar-refractivity contribution in [2.24, 2.45) is 0 Å². The van der Waals surface area contributed by atoms with Gasteiger partial charge in [0.1, 0.15) is 17.3 Å². The predicted molar refractivity (Wildman–Crippen MR) is 136 cm³/mol. The highest BCUT2D eigenvalue weighted by molar-refractivity contribution is 5.98. The first-order valence-corrected chi connectivity index (χ1v) is 12.1. The van der Waals surface area contributed by atoms with Gasteiger partial charge in [0, 0.05) is 62.0 Å². The highest BCUT2D eigenvalue weighted by Gasteiger charge is 2.21. The van der Waals surface area contributed by atoms with E-state index in [-0.39, 0.29) is 5.91 Å². The zero-order chi connectivity index (χ0) is 24.2. The summed E-state index contributed by atoms with van der Waals surface area (Å²) in [4.78, 5) is 34.1. The Bertz CT molecular complexity index is 1330. The van der Waals surface area contributed by atoms with Crippen molar-refractivity contribution in [1.82, 2.24) is 29.7 Å². The molecular weight excluding hydrogens is 440 g/mol. The van der Waals surface area contributed by atoms with E-state index in [1.54, 1.807) is 12.4 Å². The number of carbonyl (C=O) groups excluding carboxylic acids is 1. The predicted octanol–water partition coefficient (Wildman–Crippen LogP) is 3.79. The third-order valence-electron chi connectivity index (χ3n) is 6.24. The van der Waals surface area contributed by atoms with Gasteiger partial charge in [0.15, 0.2) is 0 Å². The Labute approximate surface area is 205 Å². The molecule has 1 amide bonds. The van der Waals surface area contributed by atoms with Gasteiger partial charge >= 0.3 is 0 Å². The molecule has 3 aromatic heterocycles. The molecule has 0 aliphatic carbocycles. The quantitative estimate of drug-likeness (QED) is 0.442. The second-order valence-electron chi connectivity index (χ2n) is 8.96. The molecule has 1 aliphatic rings. The van der Waals surface area contributed by atoms with E-state index >= 15 is 0 Å². The summed E-state index contributed by atoms with van der Waals surface area (Å²) in [6.45, 7) is 6.07. The van der Waals surface area contributed by atoms with Gasteiger partial charge in [0.05, 0.1) is 18.0 Å². The largest absolute Gasteiger partial charge is 0.493 e. The molecule has 0 bridgehead atoms. The molecule has 1 fully saturated rings. The molecule has 1 aliphatic heterocycles. The van der Waals surface area contributed by atoms with E-state index in [4.69, 9.17) is 9.72 Å². The van der Waals surface area contributed by atoms with Crippen LogP contribution in [0.4, 0.5) is 0 Å². The molecule has 35 heavy (non-hydrogen) atoms. The van der Waals surface area contributed by atoms with Gasteiger partial charge < -0.3 is 19.5 Å². The number of ether oxygens (including phenoxy) is 1. The van der Waals surface area contributed by atoms with Gasteiger partial charge in [-0.15, -0.1) is 0 Å². The number of benzene rings is 1. The summed E-state index contributed by atoms with van der Waals surface area (Å²) >= 11 is 0. The average Bonchev–Trinajstić information content (AvgIpc) is 3.31. The molecule has 1 saturated heterocycles. The smallest absolute Gasteiger partial charge is 0.270 e. The number of H-pyrrole nitrogens is 1. The number of pyridine rings is 1. The molecule has 8 heteroatoms. The van der Waals surface area contributed by atoms with E-state index in [0.717, 1.165) is 66.2 Å². The van der Waals surface area contributed by atoms with Crippen molar-refractivity contribution in [3.63, 3.8) is 0 Å². The first-order valence-electron chi connectivity index (χ1n) is 12.1. The van der Waals surface area contributed by atoms with Crippen LogP contribution in [0.25, 0.3) is 22.3 Å². The molecule has 0 saturated carbocycles. The van der Waals surface area contributed by atoms with Gasteiger partial charge in [-0.25, -0.2) is 9.97 Å². The van der Waals surface area contributed by atoms with Crippen molar-refractivity contribution >= 4 is 16.8 Å². The van der Waals surface area contributed by atoms with Crippen LogP contribution in [0.15, 0.2) is 54.9 Å². The van der Waals surface area contributed by atoms with E-state index < -0.39 is 0 Å². The van der Waals surface area contributed by atoms with Gasteiger partial charge in [-0.3, -0.25) is 9.78 Å². The van der Waals surface area contributed by atoms with Crippen LogP contribution in [0.2, 0.25) is 0 Å². The maximum Gasteiger partial charge on any atom is 0.270 e. The number of fused-ring (bicyclic) bond motifs is 1. The Hall–Kier alpha value is -3.78.